The topological polar surface area (TPSA) is 20.3 Å². The molecule has 0 aliphatic carbocycles. The summed E-state index contributed by atoms with van der Waals surface area (Å²) in [5.41, 5.74) is 4.40. The maximum absolute atomic E-state index is 13.0. The normalized spacial score (nSPS) is 16.6. The van der Waals surface area contributed by atoms with Gasteiger partial charge in [0.05, 0.1) is 10.9 Å². The van der Waals surface area contributed by atoms with Gasteiger partial charge in [-0.25, -0.2) is 0 Å². The first-order valence-electron chi connectivity index (χ1n) is 9.11. The number of rotatable bonds is 4. The molecule has 4 rings (SSSR count). The van der Waals surface area contributed by atoms with Gasteiger partial charge >= 0.3 is 0 Å². The van der Waals surface area contributed by atoms with Crippen LogP contribution in [-0.2, 0) is 4.79 Å². The predicted octanol–water partition coefficient (Wildman–Crippen LogP) is 6.32. The lowest BCUT2D eigenvalue weighted by molar-refractivity contribution is -0.123. The van der Waals surface area contributed by atoms with E-state index in [2.05, 4.69) is 24.3 Å². The van der Waals surface area contributed by atoms with Crippen LogP contribution in [0.2, 0.25) is 0 Å². The number of nitrogens with zero attached hydrogens (tertiary/aromatic N) is 1. The molecule has 1 atom stereocenters. The molecular formula is C24H19NOS2. The van der Waals surface area contributed by atoms with Crippen LogP contribution >= 0.6 is 24.0 Å². The fourth-order valence-electron chi connectivity index (χ4n) is 3.25. The molecule has 0 bridgehead atoms. The average Bonchev–Trinajstić information content (AvgIpc) is 3.02. The van der Waals surface area contributed by atoms with Gasteiger partial charge in [0.15, 0.2) is 0 Å². The first-order chi connectivity index (χ1) is 13.6. The Morgan fingerprint density at radius 3 is 2.07 bits per heavy atom. The number of thioether (sulfide) groups is 1. The smallest absolute Gasteiger partial charge is 0.266 e. The van der Waals surface area contributed by atoms with E-state index in [0.29, 0.717) is 9.23 Å². The molecule has 3 aromatic carbocycles. The molecule has 138 valence electrons. The van der Waals surface area contributed by atoms with Gasteiger partial charge in [-0.1, -0.05) is 109 Å². The van der Waals surface area contributed by atoms with E-state index in [4.69, 9.17) is 12.2 Å². The summed E-state index contributed by atoms with van der Waals surface area (Å²) < 4.78 is 0.605. The Morgan fingerprint density at radius 2 is 1.43 bits per heavy atom. The molecule has 1 amide bonds. The summed E-state index contributed by atoms with van der Waals surface area (Å²) in [6.45, 7) is 2.01. The first kappa shape index (κ1) is 18.7. The third-order valence-corrected chi connectivity index (χ3v) is 6.14. The van der Waals surface area contributed by atoms with E-state index >= 15 is 0 Å². The highest BCUT2D eigenvalue weighted by molar-refractivity contribution is 8.26. The van der Waals surface area contributed by atoms with Crippen LogP contribution in [0, 0.1) is 0 Å². The van der Waals surface area contributed by atoms with Gasteiger partial charge < -0.3 is 0 Å². The highest BCUT2D eigenvalue weighted by atomic mass is 32.2. The molecule has 0 N–H and O–H groups in total. The molecule has 1 saturated heterocycles. The lowest BCUT2D eigenvalue weighted by atomic mass is 10.0. The van der Waals surface area contributed by atoms with Crippen molar-refractivity contribution >= 4 is 40.3 Å². The monoisotopic (exact) mass is 401 g/mol. The summed E-state index contributed by atoms with van der Waals surface area (Å²) in [4.78, 5) is 15.3. The molecule has 1 heterocycles. The Kier molecular flexibility index (Phi) is 5.42. The van der Waals surface area contributed by atoms with Crippen molar-refractivity contribution in [2.24, 2.45) is 0 Å². The molecule has 1 aliphatic heterocycles. The Hall–Kier alpha value is -2.69. The van der Waals surface area contributed by atoms with Crippen molar-refractivity contribution in [3.05, 3.63) is 101 Å². The summed E-state index contributed by atoms with van der Waals surface area (Å²) in [5, 5.41) is 0. The van der Waals surface area contributed by atoms with Crippen LogP contribution in [0.3, 0.4) is 0 Å². The summed E-state index contributed by atoms with van der Waals surface area (Å²) >= 11 is 6.87. The van der Waals surface area contributed by atoms with Crippen molar-refractivity contribution in [2.45, 2.75) is 13.0 Å². The van der Waals surface area contributed by atoms with Gasteiger partial charge in [-0.3, -0.25) is 9.69 Å². The van der Waals surface area contributed by atoms with E-state index in [-0.39, 0.29) is 11.9 Å². The van der Waals surface area contributed by atoms with E-state index in [9.17, 15) is 4.79 Å². The highest BCUT2D eigenvalue weighted by Gasteiger charge is 2.35. The van der Waals surface area contributed by atoms with Gasteiger partial charge in [-0.15, -0.1) is 0 Å². The zero-order chi connectivity index (χ0) is 19.5. The summed E-state index contributed by atoms with van der Waals surface area (Å²) in [6.07, 6.45) is 1.92. The fourth-order valence-corrected chi connectivity index (χ4v) is 4.67. The number of carbonyl (C=O) groups is 1. The lowest BCUT2D eigenvalue weighted by Gasteiger charge is -2.23. The van der Waals surface area contributed by atoms with Crippen LogP contribution < -0.4 is 0 Å². The Balaban J connectivity index is 1.56. The van der Waals surface area contributed by atoms with Gasteiger partial charge in [0.1, 0.15) is 4.32 Å². The fraction of sp³-hybridized carbons (Fsp3) is 0.0833. The van der Waals surface area contributed by atoms with Gasteiger partial charge in [0.25, 0.3) is 5.91 Å². The Labute approximate surface area is 174 Å². The van der Waals surface area contributed by atoms with E-state index in [1.54, 1.807) is 4.90 Å². The second-order valence-corrected chi connectivity index (χ2v) is 8.30. The quantitative estimate of drug-likeness (QED) is 0.377. The molecule has 1 fully saturated rings. The van der Waals surface area contributed by atoms with E-state index in [0.717, 1.165) is 16.7 Å². The molecule has 1 aliphatic rings. The molecule has 3 aromatic rings. The van der Waals surface area contributed by atoms with Crippen LogP contribution in [0.25, 0.3) is 17.2 Å². The lowest BCUT2D eigenvalue weighted by Crippen LogP contribution is -2.30. The minimum Gasteiger partial charge on any atom is -0.286 e. The largest absolute Gasteiger partial charge is 0.286 e. The molecule has 0 radical (unpaired) electrons. The van der Waals surface area contributed by atoms with E-state index in [1.165, 1.54) is 17.3 Å². The SMILES string of the molecule is CC(c1ccccc1)N1C(=O)C(=Cc2ccc(-c3ccccc3)cc2)SC1=S. The first-order valence-corrected chi connectivity index (χ1v) is 10.3. The third-order valence-electron chi connectivity index (χ3n) is 4.81. The molecule has 28 heavy (non-hydrogen) atoms. The van der Waals surface area contributed by atoms with Crippen molar-refractivity contribution in [1.29, 1.82) is 0 Å². The zero-order valence-corrected chi connectivity index (χ0v) is 17.0. The predicted molar refractivity (Wildman–Crippen MR) is 122 cm³/mol. The van der Waals surface area contributed by atoms with Gasteiger partial charge in [0.2, 0.25) is 0 Å². The van der Waals surface area contributed by atoms with Gasteiger partial charge in [-0.05, 0) is 35.3 Å². The molecular weight excluding hydrogens is 382 g/mol. The van der Waals surface area contributed by atoms with Crippen LogP contribution in [-0.4, -0.2) is 15.1 Å². The number of thiocarbonyl (C=S) groups is 1. The van der Waals surface area contributed by atoms with Crippen LogP contribution in [0.15, 0.2) is 89.8 Å². The number of hydrogen-bond donors (Lipinski definition) is 0. The summed E-state index contributed by atoms with van der Waals surface area (Å²) in [7, 11) is 0. The third kappa shape index (κ3) is 3.79. The minimum atomic E-state index is -0.0833. The van der Waals surface area contributed by atoms with Crippen molar-refractivity contribution in [1.82, 2.24) is 4.90 Å². The average molecular weight is 402 g/mol. The van der Waals surface area contributed by atoms with Crippen LogP contribution in [0.5, 0.6) is 0 Å². The molecule has 0 spiro atoms. The molecule has 0 aromatic heterocycles. The number of amides is 1. The summed E-state index contributed by atoms with van der Waals surface area (Å²) in [6, 6.07) is 28.4. The van der Waals surface area contributed by atoms with Crippen LogP contribution in [0.4, 0.5) is 0 Å². The van der Waals surface area contributed by atoms with Gasteiger partial charge in [0, 0.05) is 0 Å². The maximum Gasteiger partial charge on any atom is 0.266 e. The van der Waals surface area contributed by atoms with E-state index < -0.39 is 0 Å². The Bertz CT molecular complexity index is 1030. The Morgan fingerprint density at radius 1 is 0.857 bits per heavy atom. The second-order valence-electron chi connectivity index (χ2n) is 6.63. The molecule has 2 nitrogen and oxygen atoms in total. The van der Waals surface area contributed by atoms with E-state index in [1.807, 2.05) is 73.7 Å². The number of hydrogen-bond acceptors (Lipinski definition) is 3. The minimum absolute atomic E-state index is 0.0292. The highest BCUT2D eigenvalue weighted by Crippen LogP contribution is 2.38. The molecule has 0 saturated carbocycles. The number of carbonyl (C=O) groups excluding carboxylic acids is 1. The standard InChI is InChI=1S/C24H19NOS2/c1-17(19-8-4-2-5-9-19)25-23(26)22(28-24(25)27)16-18-12-14-21(15-13-18)20-10-6-3-7-11-20/h2-17H,1H3. The van der Waals surface area contributed by atoms with Crippen molar-refractivity contribution < 1.29 is 4.79 Å². The van der Waals surface area contributed by atoms with Crippen molar-refractivity contribution in [3.8, 4) is 11.1 Å². The van der Waals surface area contributed by atoms with Crippen LogP contribution in [0.1, 0.15) is 24.1 Å². The van der Waals surface area contributed by atoms with Crippen molar-refractivity contribution in [3.63, 3.8) is 0 Å². The summed E-state index contributed by atoms with van der Waals surface area (Å²) in [5.74, 6) is -0.0292. The second kappa shape index (κ2) is 8.13. The molecule has 1 unspecified atom stereocenters. The number of benzene rings is 3. The van der Waals surface area contributed by atoms with Gasteiger partial charge in [-0.2, -0.15) is 0 Å². The van der Waals surface area contributed by atoms with Crippen molar-refractivity contribution in [2.75, 3.05) is 0 Å². The zero-order valence-electron chi connectivity index (χ0n) is 15.4. The maximum atomic E-state index is 13.0. The molecule has 4 heteroatoms.